The fourth-order valence-corrected chi connectivity index (χ4v) is 2.51. The van der Waals surface area contributed by atoms with E-state index < -0.39 is 5.82 Å². The Bertz CT molecular complexity index is 461. The summed E-state index contributed by atoms with van der Waals surface area (Å²) in [5.41, 5.74) is 5.89. The van der Waals surface area contributed by atoms with Gasteiger partial charge in [-0.2, -0.15) is 0 Å². The molecule has 0 bridgehead atoms. The van der Waals surface area contributed by atoms with E-state index in [1.54, 1.807) is 0 Å². The lowest BCUT2D eigenvalue weighted by Crippen LogP contribution is -2.37. The smallest absolute Gasteiger partial charge is 0.251 e. The first-order valence-corrected chi connectivity index (χ1v) is 6.35. The van der Waals surface area contributed by atoms with Crippen LogP contribution in [0.1, 0.15) is 37.0 Å². The van der Waals surface area contributed by atoms with Crippen molar-refractivity contribution in [2.75, 3.05) is 5.73 Å². The zero-order valence-electron chi connectivity index (χ0n) is 10.7. The van der Waals surface area contributed by atoms with Crippen LogP contribution in [0, 0.1) is 17.7 Å². The summed E-state index contributed by atoms with van der Waals surface area (Å²) in [6.07, 6.45) is 2.14. The van der Waals surface area contributed by atoms with Gasteiger partial charge in [0.2, 0.25) is 0 Å². The Morgan fingerprint density at radius 3 is 2.67 bits per heavy atom. The molecule has 1 aromatic rings. The zero-order valence-corrected chi connectivity index (χ0v) is 10.7. The van der Waals surface area contributed by atoms with Crippen LogP contribution < -0.4 is 11.1 Å². The van der Waals surface area contributed by atoms with Gasteiger partial charge in [-0.25, -0.2) is 4.39 Å². The molecule has 0 aromatic heterocycles. The molecule has 1 aliphatic carbocycles. The average molecular weight is 250 g/mol. The quantitative estimate of drug-likeness (QED) is 0.793. The van der Waals surface area contributed by atoms with E-state index in [1.165, 1.54) is 18.2 Å². The average Bonchev–Trinajstić information content (AvgIpc) is 2.64. The van der Waals surface area contributed by atoms with Crippen molar-refractivity contribution in [1.29, 1.82) is 0 Å². The molecule has 1 aromatic carbocycles. The molecular formula is C14H19FN2O. The Labute approximate surface area is 107 Å². The molecule has 1 aliphatic rings. The molecule has 0 saturated heterocycles. The molecule has 0 spiro atoms. The number of carbonyl (C=O) groups excluding carboxylic acids is 1. The number of nitrogens with one attached hydrogen (secondary N) is 1. The number of halogens is 1. The van der Waals surface area contributed by atoms with Crippen molar-refractivity contribution in [2.45, 2.75) is 32.7 Å². The first-order chi connectivity index (χ1) is 8.49. The third-order valence-corrected chi connectivity index (χ3v) is 4.04. The zero-order chi connectivity index (χ0) is 13.3. The molecule has 18 heavy (non-hydrogen) atoms. The van der Waals surface area contributed by atoms with E-state index in [0.717, 1.165) is 12.8 Å². The lowest BCUT2D eigenvalue weighted by molar-refractivity contribution is 0.0927. The standard InChI is InChI=1S/C14H19FN2O/c1-8-3-6-13(9(8)2)17-14(18)10-4-5-11(15)12(16)7-10/h4-5,7-9,13H,3,6,16H2,1-2H3,(H,17,18). The van der Waals surface area contributed by atoms with Gasteiger partial charge in [-0.3, -0.25) is 4.79 Å². The van der Waals surface area contributed by atoms with Crippen LogP contribution in [0.3, 0.4) is 0 Å². The van der Waals surface area contributed by atoms with Crippen LogP contribution in [0.15, 0.2) is 18.2 Å². The normalized spacial score (nSPS) is 27.2. The Morgan fingerprint density at radius 2 is 2.11 bits per heavy atom. The minimum Gasteiger partial charge on any atom is -0.396 e. The highest BCUT2D eigenvalue weighted by atomic mass is 19.1. The highest BCUT2D eigenvalue weighted by molar-refractivity contribution is 5.95. The molecular weight excluding hydrogens is 231 g/mol. The molecule has 2 rings (SSSR count). The van der Waals surface area contributed by atoms with Gasteiger partial charge in [0.25, 0.3) is 5.91 Å². The molecule has 0 aliphatic heterocycles. The molecule has 3 nitrogen and oxygen atoms in total. The van der Waals surface area contributed by atoms with Gasteiger partial charge in [0.1, 0.15) is 5.82 Å². The summed E-state index contributed by atoms with van der Waals surface area (Å²) < 4.78 is 13.0. The number of nitrogen functional groups attached to an aromatic ring is 1. The second-order valence-corrected chi connectivity index (χ2v) is 5.23. The number of benzene rings is 1. The molecule has 0 radical (unpaired) electrons. The van der Waals surface area contributed by atoms with Gasteiger partial charge in [0.15, 0.2) is 0 Å². The van der Waals surface area contributed by atoms with Gasteiger partial charge in [0, 0.05) is 11.6 Å². The van der Waals surface area contributed by atoms with Crippen molar-refractivity contribution < 1.29 is 9.18 Å². The minimum absolute atomic E-state index is 0.00971. The second-order valence-electron chi connectivity index (χ2n) is 5.23. The van der Waals surface area contributed by atoms with Gasteiger partial charge in [-0.05, 0) is 42.9 Å². The lowest BCUT2D eigenvalue weighted by atomic mass is 9.97. The van der Waals surface area contributed by atoms with Gasteiger partial charge in [0.05, 0.1) is 5.69 Å². The summed E-state index contributed by atoms with van der Waals surface area (Å²) in [4.78, 5) is 12.0. The lowest BCUT2D eigenvalue weighted by Gasteiger charge is -2.19. The highest BCUT2D eigenvalue weighted by Crippen LogP contribution is 2.31. The van der Waals surface area contributed by atoms with Gasteiger partial charge in [-0.1, -0.05) is 13.8 Å². The molecule has 98 valence electrons. The maximum atomic E-state index is 13.0. The van der Waals surface area contributed by atoms with Crippen molar-refractivity contribution in [3.8, 4) is 0 Å². The third kappa shape index (κ3) is 2.47. The number of carbonyl (C=O) groups is 1. The Balaban J connectivity index is 2.06. The van der Waals surface area contributed by atoms with E-state index in [-0.39, 0.29) is 17.6 Å². The van der Waals surface area contributed by atoms with Crippen molar-refractivity contribution in [3.05, 3.63) is 29.6 Å². The van der Waals surface area contributed by atoms with Crippen molar-refractivity contribution in [3.63, 3.8) is 0 Å². The third-order valence-electron chi connectivity index (χ3n) is 4.04. The van der Waals surface area contributed by atoms with E-state index in [4.69, 9.17) is 5.73 Å². The number of hydrogen-bond donors (Lipinski definition) is 2. The van der Waals surface area contributed by atoms with E-state index in [9.17, 15) is 9.18 Å². The maximum absolute atomic E-state index is 13.0. The summed E-state index contributed by atoms with van der Waals surface area (Å²) in [5, 5.41) is 3.01. The van der Waals surface area contributed by atoms with E-state index in [2.05, 4.69) is 19.2 Å². The van der Waals surface area contributed by atoms with Gasteiger partial charge in [-0.15, -0.1) is 0 Å². The Hall–Kier alpha value is -1.58. The summed E-state index contributed by atoms with van der Waals surface area (Å²) in [7, 11) is 0. The van der Waals surface area contributed by atoms with E-state index in [0.29, 0.717) is 17.4 Å². The van der Waals surface area contributed by atoms with Crippen LogP contribution in [0.25, 0.3) is 0 Å². The fourth-order valence-electron chi connectivity index (χ4n) is 2.51. The number of anilines is 1. The largest absolute Gasteiger partial charge is 0.396 e. The number of amides is 1. The molecule has 3 N–H and O–H groups in total. The summed E-state index contributed by atoms with van der Waals surface area (Å²) in [6.45, 7) is 4.36. The Kier molecular flexibility index (Phi) is 3.55. The number of hydrogen-bond acceptors (Lipinski definition) is 2. The van der Waals surface area contributed by atoms with Crippen LogP contribution in [0.5, 0.6) is 0 Å². The predicted octanol–water partition coefficient (Wildman–Crippen LogP) is 2.57. The SMILES string of the molecule is CC1CCC(NC(=O)c2ccc(F)c(N)c2)C1C. The first-order valence-electron chi connectivity index (χ1n) is 6.35. The summed E-state index contributed by atoms with van der Waals surface area (Å²) in [6, 6.07) is 4.28. The van der Waals surface area contributed by atoms with Crippen molar-refractivity contribution in [2.24, 2.45) is 11.8 Å². The molecule has 0 heterocycles. The molecule has 1 fully saturated rings. The molecule has 3 atom stereocenters. The molecule has 4 heteroatoms. The second kappa shape index (κ2) is 4.96. The first kappa shape index (κ1) is 12.9. The van der Waals surface area contributed by atoms with Crippen LogP contribution in [-0.4, -0.2) is 11.9 Å². The minimum atomic E-state index is -0.491. The molecule has 3 unspecified atom stereocenters. The summed E-state index contributed by atoms with van der Waals surface area (Å²) in [5.74, 6) is 0.447. The van der Waals surface area contributed by atoms with Crippen LogP contribution in [-0.2, 0) is 0 Å². The van der Waals surface area contributed by atoms with Crippen LogP contribution in [0.4, 0.5) is 10.1 Å². The van der Waals surface area contributed by atoms with E-state index >= 15 is 0 Å². The Morgan fingerprint density at radius 1 is 1.39 bits per heavy atom. The molecule has 1 amide bonds. The van der Waals surface area contributed by atoms with Crippen molar-refractivity contribution in [1.82, 2.24) is 5.32 Å². The number of rotatable bonds is 2. The number of nitrogens with two attached hydrogens (primary N) is 1. The highest BCUT2D eigenvalue weighted by Gasteiger charge is 2.30. The topological polar surface area (TPSA) is 55.1 Å². The maximum Gasteiger partial charge on any atom is 0.251 e. The molecule has 1 saturated carbocycles. The van der Waals surface area contributed by atoms with Crippen LogP contribution in [0.2, 0.25) is 0 Å². The van der Waals surface area contributed by atoms with Crippen LogP contribution >= 0.6 is 0 Å². The monoisotopic (exact) mass is 250 g/mol. The predicted molar refractivity (Wildman–Crippen MR) is 69.6 cm³/mol. The summed E-state index contributed by atoms with van der Waals surface area (Å²) >= 11 is 0. The van der Waals surface area contributed by atoms with Crippen molar-refractivity contribution >= 4 is 11.6 Å². The van der Waals surface area contributed by atoms with E-state index in [1.807, 2.05) is 0 Å². The van der Waals surface area contributed by atoms with Gasteiger partial charge >= 0.3 is 0 Å². The van der Waals surface area contributed by atoms with Gasteiger partial charge < -0.3 is 11.1 Å². The fraction of sp³-hybridized carbons (Fsp3) is 0.500.